The van der Waals surface area contributed by atoms with E-state index < -0.39 is 0 Å². The SMILES string of the molecule is CCc1ccsc1C(=O)N1CCCC(c2noc(C)n2)C1. The fourth-order valence-electron chi connectivity index (χ4n) is 2.80. The number of piperidine rings is 1. The summed E-state index contributed by atoms with van der Waals surface area (Å²) in [6, 6.07) is 2.04. The molecule has 0 aliphatic carbocycles. The first-order valence-corrected chi connectivity index (χ1v) is 8.23. The van der Waals surface area contributed by atoms with Crippen LogP contribution in [0.3, 0.4) is 0 Å². The van der Waals surface area contributed by atoms with Crippen molar-refractivity contribution in [1.29, 1.82) is 0 Å². The van der Waals surface area contributed by atoms with Gasteiger partial charge in [0.2, 0.25) is 5.89 Å². The minimum absolute atomic E-state index is 0.145. The van der Waals surface area contributed by atoms with Crippen LogP contribution in [-0.2, 0) is 6.42 Å². The van der Waals surface area contributed by atoms with Gasteiger partial charge in [0.1, 0.15) is 0 Å². The summed E-state index contributed by atoms with van der Waals surface area (Å²) in [4.78, 5) is 19.8. The first-order valence-electron chi connectivity index (χ1n) is 7.35. The Kier molecular flexibility index (Phi) is 4.05. The van der Waals surface area contributed by atoms with Crippen LogP contribution in [0.25, 0.3) is 0 Å². The van der Waals surface area contributed by atoms with Crippen molar-refractivity contribution in [3.63, 3.8) is 0 Å². The lowest BCUT2D eigenvalue weighted by Crippen LogP contribution is -2.39. The van der Waals surface area contributed by atoms with Crippen molar-refractivity contribution in [1.82, 2.24) is 15.0 Å². The van der Waals surface area contributed by atoms with Crippen LogP contribution in [0, 0.1) is 6.92 Å². The molecule has 0 N–H and O–H groups in total. The minimum atomic E-state index is 0.145. The zero-order valence-electron chi connectivity index (χ0n) is 12.3. The number of thiophene rings is 1. The lowest BCUT2D eigenvalue weighted by Gasteiger charge is -2.31. The van der Waals surface area contributed by atoms with Crippen LogP contribution in [0.1, 0.15) is 52.6 Å². The maximum atomic E-state index is 12.7. The van der Waals surface area contributed by atoms with E-state index in [2.05, 4.69) is 17.1 Å². The van der Waals surface area contributed by atoms with E-state index in [4.69, 9.17) is 4.52 Å². The van der Waals surface area contributed by atoms with Gasteiger partial charge in [-0.1, -0.05) is 12.1 Å². The Hall–Kier alpha value is -1.69. The number of aryl methyl sites for hydroxylation is 2. The highest BCUT2D eigenvalue weighted by Gasteiger charge is 2.29. The van der Waals surface area contributed by atoms with Gasteiger partial charge >= 0.3 is 0 Å². The molecule has 112 valence electrons. The molecule has 0 aromatic carbocycles. The first kappa shape index (κ1) is 14.3. The number of rotatable bonds is 3. The minimum Gasteiger partial charge on any atom is -0.340 e. The monoisotopic (exact) mass is 305 g/mol. The van der Waals surface area contributed by atoms with Crippen LogP contribution in [0.5, 0.6) is 0 Å². The van der Waals surface area contributed by atoms with Crippen molar-refractivity contribution >= 4 is 17.2 Å². The molecule has 0 saturated carbocycles. The third-order valence-corrected chi connectivity index (χ3v) is 4.88. The van der Waals surface area contributed by atoms with E-state index in [9.17, 15) is 4.79 Å². The fraction of sp³-hybridized carbons (Fsp3) is 0.533. The van der Waals surface area contributed by atoms with Gasteiger partial charge in [0.15, 0.2) is 5.82 Å². The maximum Gasteiger partial charge on any atom is 0.264 e. The Balaban J connectivity index is 1.75. The summed E-state index contributed by atoms with van der Waals surface area (Å²) in [7, 11) is 0. The van der Waals surface area contributed by atoms with E-state index in [1.807, 2.05) is 16.3 Å². The van der Waals surface area contributed by atoms with Gasteiger partial charge < -0.3 is 9.42 Å². The number of hydrogen-bond donors (Lipinski definition) is 0. The summed E-state index contributed by atoms with van der Waals surface area (Å²) in [5.74, 6) is 1.64. The smallest absolute Gasteiger partial charge is 0.264 e. The van der Waals surface area contributed by atoms with Gasteiger partial charge in [-0.3, -0.25) is 4.79 Å². The predicted molar refractivity (Wildman–Crippen MR) is 80.6 cm³/mol. The van der Waals surface area contributed by atoms with E-state index in [1.54, 1.807) is 6.92 Å². The molecule has 6 heteroatoms. The molecule has 0 spiro atoms. The number of carbonyl (C=O) groups excluding carboxylic acids is 1. The molecule has 2 aromatic rings. The average Bonchev–Trinajstić information content (AvgIpc) is 3.15. The largest absolute Gasteiger partial charge is 0.340 e. The van der Waals surface area contributed by atoms with Gasteiger partial charge in [0.05, 0.1) is 4.88 Å². The van der Waals surface area contributed by atoms with Gasteiger partial charge in [-0.25, -0.2) is 0 Å². The van der Waals surface area contributed by atoms with E-state index in [0.717, 1.165) is 42.1 Å². The lowest BCUT2D eigenvalue weighted by atomic mass is 9.97. The van der Waals surface area contributed by atoms with Gasteiger partial charge in [0, 0.05) is 25.9 Å². The highest BCUT2D eigenvalue weighted by molar-refractivity contribution is 7.12. The summed E-state index contributed by atoms with van der Waals surface area (Å²) in [5.41, 5.74) is 1.14. The van der Waals surface area contributed by atoms with Crippen LogP contribution in [-0.4, -0.2) is 34.0 Å². The molecular formula is C15H19N3O2S. The molecule has 1 aliphatic heterocycles. The summed E-state index contributed by atoms with van der Waals surface area (Å²) in [6.45, 7) is 5.37. The first-order chi connectivity index (χ1) is 10.2. The number of aromatic nitrogens is 2. The molecule has 0 radical (unpaired) electrons. The van der Waals surface area contributed by atoms with Crippen LogP contribution in [0.15, 0.2) is 16.0 Å². The second-order valence-corrected chi connectivity index (χ2v) is 6.31. The fourth-order valence-corrected chi connectivity index (χ4v) is 3.76. The van der Waals surface area contributed by atoms with Crippen molar-refractivity contribution in [3.8, 4) is 0 Å². The van der Waals surface area contributed by atoms with E-state index in [-0.39, 0.29) is 11.8 Å². The molecule has 1 unspecified atom stereocenters. The second kappa shape index (κ2) is 5.97. The number of likely N-dealkylation sites (tertiary alicyclic amines) is 1. The molecule has 1 amide bonds. The van der Waals surface area contributed by atoms with Crippen LogP contribution >= 0.6 is 11.3 Å². The highest BCUT2D eigenvalue weighted by Crippen LogP contribution is 2.27. The molecule has 1 saturated heterocycles. The van der Waals surface area contributed by atoms with Crippen molar-refractivity contribution in [2.24, 2.45) is 0 Å². The topological polar surface area (TPSA) is 59.2 Å². The van der Waals surface area contributed by atoms with Crippen molar-refractivity contribution < 1.29 is 9.32 Å². The Morgan fingerprint density at radius 1 is 1.57 bits per heavy atom. The molecule has 0 bridgehead atoms. The molecule has 1 aliphatic rings. The van der Waals surface area contributed by atoms with E-state index >= 15 is 0 Å². The van der Waals surface area contributed by atoms with Gasteiger partial charge in [-0.05, 0) is 36.3 Å². The zero-order chi connectivity index (χ0) is 14.8. The van der Waals surface area contributed by atoms with Crippen molar-refractivity contribution in [2.75, 3.05) is 13.1 Å². The van der Waals surface area contributed by atoms with Gasteiger partial charge in [0.25, 0.3) is 5.91 Å². The number of nitrogens with zero attached hydrogens (tertiary/aromatic N) is 3. The molecule has 5 nitrogen and oxygen atoms in total. The number of amides is 1. The molecule has 2 aromatic heterocycles. The molecule has 21 heavy (non-hydrogen) atoms. The van der Waals surface area contributed by atoms with Gasteiger partial charge in [-0.15, -0.1) is 11.3 Å². The second-order valence-electron chi connectivity index (χ2n) is 5.39. The molecule has 3 heterocycles. The normalized spacial score (nSPS) is 19.0. The third kappa shape index (κ3) is 2.85. The molecular weight excluding hydrogens is 286 g/mol. The van der Waals surface area contributed by atoms with Crippen LogP contribution in [0.4, 0.5) is 0 Å². The Bertz CT molecular complexity index is 634. The van der Waals surface area contributed by atoms with Crippen LogP contribution in [0.2, 0.25) is 0 Å². The maximum absolute atomic E-state index is 12.7. The van der Waals surface area contributed by atoms with Crippen molar-refractivity contribution in [3.05, 3.63) is 33.6 Å². The predicted octanol–water partition coefficient (Wildman–Crippen LogP) is 3.02. The van der Waals surface area contributed by atoms with Crippen LogP contribution < -0.4 is 0 Å². The standard InChI is InChI=1S/C15H19N3O2S/c1-3-11-6-8-21-13(11)15(19)18-7-4-5-12(9-18)14-16-10(2)20-17-14/h6,8,12H,3-5,7,9H2,1-2H3. The third-order valence-electron chi connectivity index (χ3n) is 3.94. The van der Waals surface area contributed by atoms with Gasteiger partial charge in [-0.2, -0.15) is 4.98 Å². The summed E-state index contributed by atoms with van der Waals surface area (Å²) < 4.78 is 5.06. The Morgan fingerprint density at radius 3 is 3.14 bits per heavy atom. The molecule has 1 atom stereocenters. The quantitative estimate of drug-likeness (QED) is 0.874. The number of hydrogen-bond acceptors (Lipinski definition) is 5. The number of carbonyl (C=O) groups is 1. The molecule has 3 rings (SSSR count). The zero-order valence-corrected chi connectivity index (χ0v) is 13.2. The highest BCUT2D eigenvalue weighted by atomic mass is 32.1. The van der Waals surface area contributed by atoms with E-state index in [1.165, 1.54) is 11.3 Å². The van der Waals surface area contributed by atoms with E-state index in [0.29, 0.717) is 12.4 Å². The average molecular weight is 305 g/mol. The lowest BCUT2D eigenvalue weighted by molar-refractivity contribution is 0.0707. The Labute approximate surface area is 128 Å². The summed E-state index contributed by atoms with van der Waals surface area (Å²) >= 11 is 1.54. The summed E-state index contributed by atoms with van der Waals surface area (Å²) in [6.07, 6.45) is 2.89. The Morgan fingerprint density at radius 2 is 2.43 bits per heavy atom. The van der Waals surface area contributed by atoms with Crippen molar-refractivity contribution in [2.45, 2.75) is 39.0 Å². The summed E-state index contributed by atoms with van der Waals surface area (Å²) in [5, 5.41) is 6.00. The molecule has 1 fully saturated rings.